The normalized spacial score (nSPS) is 14.1. The van der Waals surface area contributed by atoms with Crippen molar-refractivity contribution < 1.29 is 74.2 Å². The van der Waals surface area contributed by atoms with Crippen LogP contribution in [0, 0.1) is 24.4 Å². The van der Waals surface area contributed by atoms with E-state index >= 15 is 0 Å². The monoisotopic (exact) mass is 1210 g/mol. The summed E-state index contributed by atoms with van der Waals surface area (Å²) < 4.78 is 94.6. The molecule has 11 rings (SSSR count). The van der Waals surface area contributed by atoms with Crippen molar-refractivity contribution in [2.24, 2.45) is 0 Å². The van der Waals surface area contributed by atoms with Gasteiger partial charge in [0.05, 0.1) is 26.4 Å². The van der Waals surface area contributed by atoms with Crippen LogP contribution in [0.25, 0.3) is 34.2 Å². The van der Waals surface area contributed by atoms with Gasteiger partial charge < -0.3 is 38.3 Å². The summed E-state index contributed by atoms with van der Waals surface area (Å²) in [6.45, 7) is 2.28. The Bertz CT molecular complexity index is 3650. The molecule has 25 heteroatoms. The Kier molecular flexibility index (Phi) is 19.9. The van der Waals surface area contributed by atoms with E-state index in [1.54, 1.807) is 61.5 Å². The van der Waals surface area contributed by atoms with Crippen LogP contribution in [0.4, 0.5) is 13.2 Å². The molecule has 0 unspecified atom stereocenters. The molecular weight excluding hydrogens is 1160 g/mol. The number of hydrogen-bond acceptors (Lipinski definition) is 18. The van der Waals surface area contributed by atoms with E-state index in [2.05, 4.69) is 29.9 Å². The Balaban J connectivity index is 0.000000162. The molecule has 19 nitrogen and oxygen atoms in total. The average Bonchev–Trinajstić information content (AvgIpc) is 4.59. The third-order valence-corrected chi connectivity index (χ3v) is 13.1. The van der Waals surface area contributed by atoms with Crippen LogP contribution >= 0.6 is 23.2 Å². The van der Waals surface area contributed by atoms with Gasteiger partial charge in [0, 0.05) is 77.0 Å². The number of esters is 2. The second kappa shape index (κ2) is 27.3. The van der Waals surface area contributed by atoms with E-state index in [0.717, 1.165) is 11.1 Å². The highest BCUT2D eigenvalue weighted by Gasteiger charge is 2.56. The Hall–Kier alpha value is -9.06. The number of carboxylic acids is 1. The molecule has 84 heavy (non-hydrogen) atoms. The zero-order chi connectivity index (χ0) is 60.0. The second-order valence-electron chi connectivity index (χ2n) is 18.9. The van der Waals surface area contributed by atoms with Crippen molar-refractivity contribution in [2.75, 3.05) is 14.2 Å². The summed E-state index contributed by atoms with van der Waals surface area (Å²) in [5, 5.41) is 10.6. The maximum absolute atomic E-state index is 13.3. The maximum atomic E-state index is 13.3. The number of carbonyl (C=O) groups excluding carboxylic acids is 2. The lowest BCUT2D eigenvalue weighted by molar-refractivity contribution is -0.151. The number of aliphatic carboxylic acids is 1. The first-order valence-electron chi connectivity index (χ1n) is 25.4. The van der Waals surface area contributed by atoms with Crippen LogP contribution in [0.15, 0.2) is 140 Å². The highest BCUT2D eigenvalue weighted by molar-refractivity contribution is 7.51. The number of aryl methyl sites for hydroxylation is 1. The third kappa shape index (κ3) is 16.6. The molecule has 3 aliphatic carbocycles. The van der Waals surface area contributed by atoms with E-state index in [1.807, 2.05) is 24.3 Å². The van der Waals surface area contributed by atoms with Gasteiger partial charge >= 0.3 is 29.5 Å². The van der Waals surface area contributed by atoms with E-state index < -0.39 is 46.3 Å². The fourth-order valence-electron chi connectivity index (χ4n) is 7.68. The van der Waals surface area contributed by atoms with Crippen molar-refractivity contribution in [2.45, 2.75) is 75.5 Å². The van der Waals surface area contributed by atoms with Gasteiger partial charge in [-0.05, 0) is 115 Å². The summed E-state index contributed by atoms with van der Waals surface area (Å²) in [7, 11) is 2.65. The smallest absolute Gasteiger partial charge is 0.350 e. The molecule has 5 aromatic carbocycles. The Morgan fingerprint density at radius 3 is 1.08 bits per heavy atom. The Morgan fingerprint density at radius 1 is 0.476 bits per heavy atom. The predicted molar refractivity (Wildman–Crippen MR) is 297 cm³/mol. The highest BCUT2D eigenvalue weighted by Crippen LogP contribution is 2.43. The van der Waals surface area contributed by atoms with E-state index in [9.17, 15) is 32.7 Å². The standard InChI is InChI=1S/C22H18ClFN2O4.C21H16ClFN2O4.C16H15FN2O3.O2S/c1-28-21(27)22(10-11-22)30-19-12-18(29-13-14-2-6-16(23)7-3-14)25-20(26-19)15-4-8-17(24)9-5-15;22-15-5-1-13(2-6-15)12-28-17-11-18(29-21(9-10-21)20(26)27)25-19(24-17)14-3-7-16(23)8-4-14;1-10-9-13(22-16(7-8-16)15(20)21-2)19-14(18-10)11-3-5-12(17)6-4-11;1-3-2/h2-9,12H,10-11,13H2,1H3;1-8,11H,9-10,12H2,(H,26,27);3-6,9H,7-8H2,1-2H3;. The van der Waals surface area contributed by atoms with Gasteiger partial charge in [-0.15, -0.1) is 0 Å². The van der Waals surface area contributed by atoms with Crippen molar-refractivity contribution >= 4 is 52.7 Å². The Labute approximate surface area is 491 Å². The second-order valence-corrected chi connectivity index (χ2v) is 19.9. The topological polar surface area (TPSA) is 248 Å². The van der Waals surface area contributed by atoms with Gasteiger partial charge in [-0.1, -0.05) is 47.5 Å². The number of halogens is 5. The van der Waals surface area contributed by atoms with Crippen molar-refractivity contribution in [3.63, 3.8) is 0 Å². The van der Waals surface area contributed by atoms with Crippen molar-refractivity contribution in [3.8, 4) is 63.6 Å². The van der Waals surface area contributed by atoms with Gasteiger partial charge in [0.1, 0.15) is 30.7 Å². The molecule has 3 fully saturated rings. The zero-order valence-electron chi connectivity index (χ0n) is 44.8. The molecule has 8 aromatic rings. The van der Waals surface area contributed by atoms with Crippen LogP contribution in [0.1, 0.15) is 55.3 Å². The quantitative estimate of drug-likeness (QED) is 0.0784. The van der Waals surface area contributed by atoms with E-state index in [4.69, 9.17) is 64.8 Å². The van der Waals surface area contributed by atoms with E-state index in [1.165, 1.54) is 74.9 Å². The molecular formula is C59H49Cl2F3N6O13S. The Morgan fingerprint density at radius 2 is 0.774 bits per heavy atom. The first kappa shape index (κ1) is 61.0. The fraction of sp³-hybridized carbons (Fsp3) is 0.237. The van der Waals surface area contributed by atoms with Crippen molar-refractivity contribution in [3.05, 3.63) is 184 Å². The van der Waals surface area contributed by atoms with Crippen LogP contribution in [0.2, 0.25) is 10.0 Å². The molecule has 0 aliphatic heterocycles. The summed E-state index contributed by atoms with van der Waals surface area (Å²) in [4.78, 5) is 61.3. The number of benzene rings is 5. The molecule has 3 aliphatic rings. The van der Waals surface area contributed by atoms with Gasteiger partial charge in [0.25, 0.3) is 0 Å². The number of methoxy groups -OCH3 is 2. The molecule has 3 saturated carbocycles. The number of carboxylic acid groups (broad SMARTS) is 1. The molecule has 0 bridgehead atoms. The third-order valence-electron chi connectivity index (χ3n) is 12.6. The lowest BCUT2D eigenvalue weighted by atomic mass is 10.2. The largest absolute Gasteiger partial charge is 0.478 e. The summed E-state index contributed by atoms with van der Waals surface area (Å²) in [5.74, 6) is -0.946. The zero-order valence-corrected chi connectivity index (χ0v) is 47.1. The van der Waals surface area contributed by atoms with Gasteiger partial charge in [-0.25, -0.2) is 32.5 Å². The maximum Gasteiger partial charge on any atom is 0.350 e. The van der Waals surface area contributed by atoms with E-state index in [-0.39, 0.29) is 60.0 Å². The molecule has 1 N–H and O–H groups in total. The van der Waals surface area contributed by atoms with Crippen LogP contribution in [0.3, 0.4) is 0 Å². The molecule has 0 saturated heterocycles. The molecule has 3 heterocycles. The molecule has 0 atom stereocenters. The van der Waals surface area contributed by atoms with Crippen LogP contribution in [-0.4, -0.2) is 92.4 Å². The first-order chi connectivity index (χ1) is 40.3. The van der Waals surface area contributed by atoms with Gasteiger partial charge in [-0.2, -0.15) is 33.3 Å². The number of aromatic nitrogens is 6. The van der Waals surface area contributed by atoms with Gasteiger partial charge in [0.2, 0.25) is 46.2 Å². The summed E-state index contributed by atoms with van der Waals surface area (Å²) in [5.41, 5.74) is 1.08. The molecule has 0 spiro atoms. The minimum atomic E-state index is -1.26. The van der Waals surface area contributed by atoms with E-state index in [0.29, 0.717) is 88.5 Å². The number of carbonyl (C=O) groups is 3. The van der Waals surface area contributed by atoms with Gasteiger partial charge in [0.15, 0.2) is 17.5 Å². The summed E-state index contributed by atoms with van der Waals surface area (Å²) >= 11 is 11.1. The van der Waals surface area contributed by atoms with Crippen LogP contribution in [-0.2, 0) is 48.6 Å². The number of ether oxygens (including phenoxy) is 7. The average molecular weight is 1210 g/mol. The highest BCUT2D eigenvalue weighted by atomic mass is 35.5. The summed E-state index contributed by atoms with van der Waals surface area (Å²) in [6, 6.07) is 36.3. The van der Waals surface area contributed by atoms with Crippen molar-refractivity contribution in [1.82, 2.24) is 29.9 Å². The molecule has 434 valence electrons. The number of rotatable bonds is 18. The molecule has 0 radical (unpaired) electrons. The van der Waals surface area contributed by atoms with Crippen molar-refractivity contribution in [1.29, 1.82) is 0 Å². The minimum Gasteiger partial charge on any atom is -0.478 e. The lowest BCUT2D eigenvalue weighted by Gasteiger charge is -2.16. The van der Waals surface area contributed by atoms with Gasteiger partial charge in [-0.3, -0.25) is 0 Å². The summed E-state index contributed by atoms with van der Waals surface area (Å²) in [6.07, 6.45) is 3.09. The SMILES string of the molecule is COC(=O)C1(Oc2cc(C)nc(-c3ccc(F)cc3)n2)CC1.COC(=O)C1(Oc2cc(OCc3ccc(Cl)cc3)nc(-c3ccc(F)cc3)n2)CC1.O=C(O)C1(Oc2cc(OCc3ccc(Cl)cc3)nc(-c3ccc(F)cc3)n2)CC1.O=S=O. The molecule has 0 amide bonds. The minimum absolute atomic E-state index is 0.0883. The number of nitrogens with zero attached hydrogens (tertiary/aromatic N) is 6. The van der Waals surface area contributed by atoms with Crippen LogP contribution < -0.4 is 23.7 Å². The lowest BCUT2D eigenvalue weighted by Crippen LogP contribution is -2.31. The predicted octanol–water partition coefficient (Wildman–Crippen LogP) is 11.1. The first-order valence-corrected chi connectivity index (χ1v) is 26.8. The molecule has 3 aromatic heterocycles. The van der Waals surface area contributed by atoms with Crippen LogP contribution in [0.5, 0.6) is 29.4 Å². The fourth-order valence-corrected chi connectivity index (χ4v) is 7.93. The number of hydrogen-bond donors (Lipinski definition) is 1.